The minimum Gasteiger partial charge on any atom is -0.456 e. The zero-order valence-corrected chi connectivity index (χ0v) is 21.6. The second-order valence-corrected chi connectivity index (χ2v) is 12.7. The van der Waals surface area contributed by atoms with Gasteiger partial charge in [0.25, 0.3) is 0 Å². The molecule has 0 unspecified atom stereocenters. The van der Waals surface area contributed by atoms with Crippen LogP contribution in [0.5, 0.6) is 11.5 Å². The third kappa shape index (κ3) is 6.18. The lowest BCUT2D eigenvalue weighted by Gasteiger charge is -2.25. The van der Waals surface area contributed by atoms with Gasteiger partial charge in [-0.1, -0.05) is 13.1 Å². The fraction of sp³-hybridized carbons (Fsp3) is 0.385. The van der Waals surface area contributed by atoms with Crippen molar-refractivity contribution in [2.24, 2.45) is 0 Å². The van der Waals surface area contributed by atoms with E-state index in [1.165, 1.54) is 6.04 Å². The molecule has 0 saturated carbocycles. The average molecular weight is 492 g/mol. The van der Waals surface area contributed by atoms with Gasteiger partial charge < -0.3 is 14.2 Å². The van der Waals surface area contributed by atoms with E-state index in [0.717, 1.165) is 73.4 Å². The summed E-state index contributed by atoms with van der Waals surface area (Å²) in [7, 11) is -0.590. The number of pyridine rings is 1. The zero-order valence-electron chi connectivity index (χ0n) is 20.5. The highest BCUT2D eigenvalue weighted by molar-refractivity contribution is 6.55. The summed E-state index contributed by atoms with van der Waals surface area (Å²) >= 11 is 0. The summed E-state index contributed by atoms with van der Waals surface area (Å²) in [6.45, 7) is 10.3. The minimum atomic E-state index is -0.590. The van der Waals surface area contributed by atoms with Crippen LogP contribution >= 0.6 is 0 Å². The SMILES string of the molecule is C[SiH](C)CCOCn1nccc1-c1ccc(Oc2ccc3cc(CN4CCOCC4)nn3c2)cc1. The standard InChI is InChI=1S/C26H33N5O3Si/c1-35(2)16-15-33-20-31-26(9-10-27-31)21-3-6-24(7-4-21)34-25-8-5-23-17-22(28-30(23)19-25)18-29-11-13-32-14-12-29/h3-10,17,19,35H,11-16,18,20H2,1-2H3. The molecule has 0 N–H and O–H groups in total. The Kier molecular flexibility index (Phi) is 7.58. The van der Waals surface area contributed by atoms with E-state index in [4.69, 9.17) is 19.3 Å². The van der Waals surface area contributed by atoms with Gasteiger partial charge >= 0.3 is 0 Å². The van der Waals surface area contributed by atoms with Crippen molar-refractivity contribution in [1.82, 2.24) is 24.3 Å². The van der Waals surface area contributed by atoms with Gasteiger partial charge in [-0.2, -0.15) is 10.2 Å². The molecule has 35 heavy (non-hydrogen) atoms. The van der Waals surface area contributed by atoms with Crippen LogP contribution in [0, 0.1) is 0 Å². The molecule has 4 heterocycles. The first-order valence-corrected chi connectivity index (χ1v) is 15.4. The van der Waals surface area contributed by atoms with Crippen LogP contribution in [0.1, 0.15) is 5.69 Å². The number of hydrogen-bond acceptors (Lipinski definition) is 6. The van der Waals surface area contributed by atoms with Gasteiger partial charge in [0.1, 0.15) is 18.2 Å². The quantitative estimate of drug-likeness (QED) is 0.244. The Labute approximate surface area is 207 Å². The van der Waals surface area contributed by atoms with Crippen molar-refractivity contribution in [3.8, 4) is 22.8 Å². The zero-order chi connectivity index (χ0) is 24.0. The van der Waals surface area contributed by atoms with E-state index in [-0.39, 0.29) is 0 Å². The molecule has 1 aliphatic rings. The summed E-state index contributed by atoms with van der Waals surface area (Å²) in [5, 5.41) is 9.16. The van der Waals surface area contributed by atoms with E-state index in [2.05, 4.69) is 41.3 Å². The molecule has 0 spiro atoms. The van der Waals surface area contributed by atoms with Crippen LogP contribution in [0.15, 0.2) is 60.9 Å². The van der Waals surface area contributed by atoms with Crippen LogP contribution in [0.3, 0.4) is 0 Å². The predicted molar refractivity (Wildman–Crippen MR) is 139 cm³/mol. The van der Waals surface area contributed by atoms with Crippen molar-refractivity contribution < 1.29 is 14.2 Å². The Balaban J connectivity index is 1.22. The van der Waals surface area contributed by atoms with Crippen LogP contribution in [-0.2, 0) is 22.7 Å². The highest BCUT2D eigenvalue weighted by atomic mass is 28.3. The molecule has 184 valence electrons. The van der Waals surface area contributed by atoms with Crippen molar-refractivity contribution in [1.29, 1.82) is 0 Å². The molecule has 9 heteroatoms. The van der Waals surface area contributed by atoms with Crippen molar-refractivity contribution in [3.63, 3.8) is 0 Å². The first-order valence-electron chi connectivity index (χ1n) is 12.3. The Morgan fingerprint density at radius 1 is 1.00 bits per heavy atom. The molecule has 0 atom stereocenters. The lowest BCUT2D eigenvalue weighted by atomic mass is 10.1. The number of aromatic nitrogens is 4. The molecular weight excluding hydrogens is 458 g/mol. The summed E-state index contributed by atoms with van der Waals surface area (Å²) in [5.74, 6) is 1.52. The maximum absolute atomic E-state index is 6.12. The van der Waals surface area contributed by atoms with Crippen molar-refractivity contribution in [2.75, 3.05) is 32.9 Å². The maximum atomic E-state index is 6.12. The third-order valence-corrected chi connectivity index (χ3v) is 7.52. The summed E-state index contributed by atoms with van der Waals surface area (Å²) in [4.78, 5) is 2.37. The monoisotopic (exact) mass is 491 g/mol. The highest BCUT2D eigenvalue weighted by Crippen LogP contribution is 2.26. The molecular formula is C26H33N5O3Si. The van der Waals surface area contributed by atoms with E-state index in [1.807, 2.05) is 51.9 Å². The molecule has 5 rings (SSSR count). The van der Waals surface area contributed by atoms with Crippen LogP contribution in [-0.4, -0.2) is 66.0 Å². The topological polar surface area (TPSA) is 66.0 Å². The molecule has 1 saturated heterocycles. The van der Waals surface area contributed by atoms with Crippen molar-refractivity contribution in [3.05, 3.63) is 66.6 Å². The minimum absolute atomic E-state index is 0.471. The van der Waals surface area contributed by atoms with E-state index >= 15 is 0 Å². The van der Waals surface area contributed by atoms with E-state index < -0.39 is 8.80 Å². The summed E-state index contributed by atoms with van der Waals surface area (Å²) in [5.41, 5.74) is 4.22. The fourth-order valence-corrected chi connectivity index (χ4v) is 4.77. The number of morpholine rings is 1. The van der Waals surface area contributed by atoms with E-state index in [9.17, 15) is 0 Å². The molecule has 3 aromatic heterocycles. The number of ether oxygens (including phenoxy) is 3. The number of rotatable bonds is 10. The number of hydrogen-bond donors (Lipinski definition) is 0. The molecule has 0 radical (unpaired) electrons. The molecule has 4 aromatic rings. The van der Waals surface area contributed by atoms with Gasteiger partial charge in [0.15, 0.2) is 0 Å². The fourth-order valence-electron chi connectivity index (χ4n) is 4.13. The predicted octanol–water partition coefficient (Wildman–Crippen LogP) is 4.28. The lowest BCUT2D eigenvalue weighted by molar-refractivity contribution is 0.0336. The second kappa shape index (κ2) is 11.2. The smallest absolute Gasteiger partial charge is 0.145 e. The van der Waals surface area contributed by atoms with Crippen molar-refractivity contribution in [2.45, 2.75) is 32.4 Å². The molecule has 8 nitrogen and oxygen atoms in total. The molecule has 0 amide bonds. The Morgan fingerprint density at radius 3 is 2.60 bits per heavy atom. The summed E-state index contributed by atoms with van der Waals surface area (Å²) < 4.78 is 21.2. The van der Waals surface area contributed by atoms with Gasteiger partial charge in [-0.15, -0.1) is 0 Å². The second-order valence-electron chi connectivity index (χ2n) is 9.32. The van der Waals surface area contributed by atoms with Gasteiger partial charge in [0.2, 0.25) is 0 Å². The Hall–Kier alpha value is -2.98. The number of fused-ring (bicyclic) bond motifs is 1. The first-order chi connectivity index (χ1) is 17.1. The highest BCUT2D eigenvalue weighted by Gasteiger charge is 2.13. The van der Waals surface area contributed by atoms with E-state index in [0.29, 0.717) is 6.73 Å². The van der Waals surface area contributed by atoms with Gasteiger partial charge in [-0.25, -0.2) is 9.20 Å². The lowest BCUT2D eigenvalue weighted by Crippen LogP contribution is -2.35. The first kappa shape index (κ1) is 23.7. The van der Waals surface area contributed by atoms with E-state index in [1.54, 1.807) is 0 Å². The summed E-state index contributed by atoms with van der Waals surface area (Å²) in [6.07, 6.45) is 3.74. The maximum Gasteiger partial charge on any atom is 0.145 e. The largest absolute Gasteiger partial charge is 0.456 e. The van der Waals surface area contributed by atoms with Crippen LogP contribution in [0.25, 0.3) is 16.8 Å². The van der Waals surface area contributed by atoms with Gasteiger partial charge in [-0.05, 0) is 54.6 Å². The van der Waals surface area contributed by atoms with Crippen LogP contribution < -0.4 is 4.74 Å². The van der Waals surface area contributed by atoms with Gasteiger partial charge in [-0.3, -0.25) is 4.90 Å². The Morgan fingerprint density at radius 2 is 1.80 bits per heavy atom. The normalized spacial score (nSPS) is 14.7. The molecule has 1 fully saturated rings. The van der Waals surface area contributed by atoms with Gasteiger partial charge in [0.05, 0.1) is 36.3 Å². The Bertz CT molecular complexity index is 1230. The van der Waals surface area contributed by atoms with Crippen molar-refractivity contribution >= 4 is 14.3 Å². The van der Waals surface area contributed by atoms with Crippen LogP contribution in [0.2, 0.25) is 19.1 Å². The van der Waals surface area contributed by atoms with Crippen LogP contribution in [0.4, 0.5) is 0 Å². The van der Waals surface area contributed by atoms with Gasteiger partial charge in [0, 0.05) is 46.8 Å². The molecule has 0 bridgehead atoms. The third-order valence-electron chi connectivity index (χ3n) is 6.13. The summed E-state index contributed by atoms with van der Waals surface area (Å²) in [6, 6.07) is 17.4. The molecule has 1 aromatic carbocycles. The number of nitrogens with zero attached hydrogens (tertiary/aromatic N) is 5. The number of benzene rings is 1. The molecule has 0 aliphatic carbocycles. The molecule has 1 aliphatic heterocycles. The average Bonchev–Trinajstić information content (AvgIpc) is 3.49.